The van der Waals surface area contributed by atoms with Crippen molar-refractivity contribution in [3.63, 3.8) is 0 Å². The molecular formula is C11H10BrF3O3. The lowest BCUT2D eigenvalue weighted by Crippen LogP contribution is -2.18. The molecule has 0 saturated heterocycles. The molecule has 0 amide bonds. The van der Waals surface area contributed by atoms with E-state index in [1.807, 2.05) is 0 Å². The molecule has 0 spiro atoms. The normalized spacial score (nSPS) is 11.2. The maximum absolute atomic E-state index is 12.1. The Bertz CT molecular complexity index is 432. The Morgan fingerprint density at radius 1 is 1.33 bits per heavy atom. The summed E-state index contributed by atoms with van der Waals surface area (Å²) in [5, 5.41) is 0.0814. The van der Waals surface area contributed by atoms with Crippen molar-refractivity contribution in [2.24, 2.45) is 0 Å². The van der Waals surface area contributed by atoms with Crippen molar-refractivity contribution < 1.29 is 27.4 Å². The van der Waals surface area contributed by atoms with Crippen molar-refractivity contribution in [2.75, 3.05) is 11.9 Å². The number of rotatable bonds is 5. The Morgan fingerprint density at radius 3 is 2.50 bits per heavy atom. The topological polar surface area (TPSA) is 35.5 Å². The molecule has 0 fully saturated rings. The Hall–Kier alpha value is -1.24. The smallest absolute Gasteiger partial charge is 0.490 e. The summed E-state index contributed by atoms with van der Waals surface area (Å²) < 4.78 is 45.2. The average Bonchev–Trinajstić information content (AvgIpc) is 2.29. The average molecular weight is 327 g/mol. The van der Waals surface area contributed by atoms with Gasteiger partial charge in [-0.05, 0) is 25.1 Å². The maximum Gasteiger partial charge on any atom is 0.573 e. The Balaban J connectivity index is 3.08. The number of alkyl halides is 4. The van der Waals surface area contributed by atoms with Gasteiger partial charge in [-0.3, -0.25) is 4.79 Å². The first-order valence-electron chi connectivity index (χ1n) is 4.99. The van der Waals surface area contributed by atoms with Crippen LogP contribution in [0.5, 0.6) is 11.5 Å². The molecule has 0 aliphatic rings. The fourth-order valence-corrected chi connectivity index (χ4v) is 1.56. The second-order valence-electron chi connectivity index (χ2n) is 3.20. The molecule has 0 aromatic heterocycles. The number of ketones is 1. The zero-order chi connectivity index (χ0) is 13.8. The summed E-state index contributed by atoms with van der Waals surface area (Å²) >= 11 is 2.98. The van der Waals surface area contributed by atoms with Gasteiger partial charge in [-0.2, -0.15) is 0 Å². The molecule has 100 valence electrons. The number of carbonyl (C=O) groups excluding carboxylic acids is 1. The van der Waals surface area contributed by atoms with Gasteiger partial charge in [0.25, 0.3) is 0 Å². The summed E-state index contributed by atoms with van der Waals surface area (Å²) in [6.07, 6.45) is -4.80. The third kappa shape index (κ3) is 4.21. The van der Waals surface area contributed by atoms with Crippen molar-refractivity contribution in [1.29, 1.82) is 0 Å². The molecule has 3 nitrogen and oxygen atoms in total. The number of halogens is 4. The second kappa shape index (κ2) is 6.08. The lowest BCUT2D eigenvalue weighted by molar-refractivity contribution is -0.275. The fraction of sp³-hybridized carbons (Fsp3) is 0.364. The SMILES string of the molecule is CCOc1cc(C(=O)CBr)ccc1OC(F)(F)F. The highest BCUT2D eigenvalue weighted by atomic mass is 79.9. The van der Waals surface area contributed by atoms with E-state index < -0.39 is 12.1 Å². The minimum absolute atomic E-state index is 0.0814. The van der Waals surface area contributed by atoms with Gasteiger partial charge in [-0.1, -0.05) is 15.9 Å². The van der Waals surface area contributed by atoms with E-state index >= 15 is 0 Å². The second-order valence-corrected chi connectivity index (χ2v) is 3.76. The van der Waals surface area contributed by atoms with E-state index in [9.17, 15) is 18.0 Å². The monoisotopic (exact) mass is 326 g/mol. The Morgan fingerprint density at radius 2 is 2.00 bits per heavy atom. The molecule has 7 heteroatoms. The lowest BCUT2D eigenvalue weighted by Gasteiger charge is -2.14. The molecular weight excluding hydrogens is 317 g/mol. The number of benzene rings is 1. The van der Waals surface area contributed by atoms with Crippen LogP contribution in [0.3, 0.4) is 0 Å². The van der Waals surface area contributed by atoms with Gasteiger partial charge in [0.1, 0.15) is 0 Å². The van der Waals surface area contributed by atoms with Gasteiger partial charge in [-0.25, -0.2) is 0 Å². The van der Waals surface area contributed by atoms with E-state index in [0.29, 0.717) is 0 Å². The van der Waals surface area contributed by atoms with E-state index in [4.69, 9.17) is 4.74 Å². The molecule has 0 unspecified atom stereocenters. The van der Waals surface area contributed by atoms with Crippen molar-refractivity contribution in [3.05, 3.63) is 23.8 Å². The zero-order valence-electron chi connectivity index (χ0n) is 9.38. The molecule has 1 rings (SSSR count). The van der Waals surface area contributed by atoms with Crippen LogP contribution >= 0.6 is 15.9 Å². The van der Waals surface area contributed by atoms with Crippen LogP contribution in [0.1, 0.15) is 17.3 Å². The number of Topliss-reactive ketones (excluding diaryl/α,β-unsaturated/α-hetero) is 1. The maximum atomic E-state index is 12.1. The van der Waals surface area contributed by atoms with Crippen LogP contribution in [-0.2, 0) is 0 Å². The number of carbonyl (C=O) groups is 1. The molecule has 0 heterocycles. The number of ether oxygens (including phenoxy) is 2. The van der Waals surface area contributed by atoms with Crippen molar-refractivity contribution in [1.82, 2.24) is 0 Å². The van der Waals surface area contributed by atoms with E-state index in [1.165, 1.54) is 12.1 Å². The summed E-state index contributed by atoms with van der Waals surface area (Å²) in [6.45, 7) is 1.79. The number of hydrogen-bond donors (Lipinski definition) is 0. The zero-order valence-corrected chi connectivity index (χ0v) is 11.0. The summed E-state index contributed by atoms with van der Waals surface area (Å²) in [4.78, 5) is 11.4. The quantitative estimate of drug-likeness (QED) is 0.613. The third-order valence-corrected chi connectivity index (χ3v) is 2.42. The first-order valence-corrected chi connectivity index (χ1v) is 6.11. The van der Waals surface area contributed by atoms with Crippen LogP contribution in [0.25, 0.3) is 0 Å². The van der Waals surface area contributed by atoms with Crippen LogP contribution < -0.4 is 9.47 Å². The fourth-order valence-electron chi connectivity index (χ4n) is 1.24. The van der Waals surface area contributed by atoms with Gasteiger partial charge in [0.05, 0.1) is 11.9 Å². The highest BCUT2D eigenvalue weighted by Gasteiger charge is 2.32. The van der Waals surface area contributed by atoms with Crippen molar-refractivity contribution >= 4 is 21.7 Å². The van der Waals surface area contributed by atoms with E-state index in [1.54, 1.807) is 6.92 Å². The Labute approximate surface area is 110 Å². The summed E-state index contributed by atoms with van der Waals surface area (Å²) in [6, 6.07) is 3.55. The standard InChI is InChI=1S/C11H10BrF3O3/c1-2-17-10-5-7(8(16)6-12)3-4-9(10)18-11(13,14)15/h3-5H,2,6H2,1H3. The highest BCUT2D eigenvalue weighted by Crippen LogP contribution is 2.33. The summed E-state index contributed by atoms with van der Waals surface area (Å²) in [5.41, 5.74) is 0.254. The molecule has 0 aliphatic carbocycles. The van der Waals surface area contributed by atoms with Gasteiger partial charge < -0.3 is 9.47 Å². The summed E-state index contributed by atoms with van der Waals surface area (Å²) in [7, 11) is 0. The predicted molar refractivity (Wildman–Crippen MR) is 62.4 cm³/mol. The van der Waals surface area contributed by atoms with Gasteiger partial charge in [0.15, 0.2) is 17.3 Å². The molecule has 1 aromatic rings. The molecule has 0 bridgehead atoms. The minimum Gasteiger partial charge on any atom is -0.490 e. The minimum atomic E-state index is -4.80. The predicted octanol–water partition coefficient (Wildman–Crippen LogP) is 3.56. The van der Waals surface area contributed by atoms with E-state index in [-0.39, 0.29) is 29.0 Å². The van der Waals surface area contributed by atoms with Crippen LogP contribution in [0.15, 0.2) is 18.2 Å². The van der Waals surface area contributed by atoms with Gasteiger partial charge in [-0.15, -0.1) is 13.2 Å². The Kier molecular flexibility index (Phi) is 5.01. The van der Waals surface area contributed by atoms with Crippen molar-refractivity contribution in [3.8, 4) is 11.5 Å². The first kappa shape index (κ1) is 14.8. The first-order chi connectivity index (χ1) is 8.37. The molecule has 1 aromatic carbocycles. The molecule has 0 saturated carbocycles. The largest absolute Gasteiger partial charge is 0.573 e. The number of hydrogen-bond acceptors (Lipinski definition) is 3. The molecule has 0 atom stereocenters. The van der Waals surface area contributed by atoms with Crippen molar-refractivity contribution in [2.45, 2.75) is 13.3 Å². The third-order valence-electron chi connectivity index (χ3n) is 1.91. The molecule has 0 aliphatic heterocycles. The van der Waals surface area contributed by atoms with E-state index in [0.717, 1.165) is 6.07 Å². The van der Waals surface area contributed by atoms with Crippen LogP contribution in [0.2, 0.25) is 0 Å². The van der Waals surface area contributed by atoms with Crippen LogP contribution in [0, 0.1) is 0 Å². The molecule has 0 N–H and O–H groups in total. The molecule has 0 radical (unpaired) electrons. The van der Waals surface area contributed by atoms with Gasteiger partial charge in [0, 0.05) is 5.56 Å². The lowest BCUT2D eigenvalue weighted by atomic mass is 10.1. The molecule has 18 heavy (non-hydrogen) atoms. The van der Waals surface area contributed by atoms with Gasteiger partial charge in [0.2, 0.25) is 0 Å². The van der Waals surface area contributed by atoms with E-state index in [2.05, 4.69) is 20.7 Å². The van der Waals surface area contributed by atoms with Gasteiger partial charge >= 0.3 is 6.36 Å². The highest BCUT2D eigenvalue weighted by molar-refractivity contribution is 9.09. The van der Waals surface area contributed by atoms with Crippen LogP contribution in [-0.4, -0.2) is 24.1 Å². The summed E-state index contributed by atoms with van der Waals surface area (Å²) in [5.74, 6) is -0.827. The van der Waals surface area contributed by atoms with Crippen LogP contribution in [0.4, 0.5) is 13.2 Å².